The predicted octanol–water partition coefficient (Wildman–Crippen LogP) is 2.15. The Labute approximate surface area is 125 Å². The van der Waals surface area contributed by atoms with Crippen LogP contribution < -0.4 is 0 Å². The fourth-order valence-electron chi connectivity index (χ4n) is 2.56. The number of furan rings is 1. The summed E-state index contributed by atoms with van der Waals surface area (Å²) in [6, 6.07) is 3.36. The summed E-state index contributed by atoms with van der Waals surface area (Å²) < 4.78 is 29.8. The molecule has 1 aliphatic rings. The minimum atomic E-state index is -3.22. The standard InChI is InChI=1S/C15H21NO4S/c1-2-3-6-15(17)16-9-7-14(8-10-16)21(18,19)12-13-5-4-11-20-13/h2,4-5,11,14H,1,3,6-10,12H2. The van der Waals surface area contributed by atoms with Crippen molar-refractivity contribution >= 4 is 15.7 Å². The molecule has 2 heterocycles. The second-order valence-electron chi connectivity index (χ2n) is 5.29. The molecule has 0 aliphatic carbocycles. The zero-order valence-electron chi connectivity index (χ0n) is 12.0. The molecule has 0 spiro atoms. The SMILES string of the molecule is C=CCCC(=O)N1CCC(S(=O)(=O)Cc2ccco2)CC1. The van der Waals surface area contributed by atoms with Crippen LogP contribution in [0.3, 0.4) is 0 Å². The van der Waals surface area contributed by atoms with Gasteiger partial charge < -0.3 is 9.32 Å². The van der Waals surface area contributed by atoms with E-state index >= 15 is 0 Å². The molecule has 1 aromatic rings. The molecule has 0 atom stereocenters. The van der Waals surface area contributed by atoms with Crippen molar-refractivity contribution in [1.82, 2.24) is 4.90 Å². The van der Waals surface area contributed by atoms with E-state index in [0.29, 0.717) is 44.5 Å². The van der Waals surface area contributed by atoms with E-state index in [9.17, 15) is 13.2 Å². The Hall–Kier alpha value is -1.56. The average Bonchev–Trinajstić information content (AvgIpc) is 2.97. The van der Waals surface area contributed by atoms with Crippen LogP contribution in [0.4, 0.5) is 0 Å². The Morgan fingerprint density at radius 1 is 1.43 bits per heavy atom. The van der Waals surface area contributed by atoms with Crippen LogP contribution in [0.25, 0.3) is 0 Å². The number of piperidine rings is 1. The second-order valence-corrected chi connectivity index (χ2v) is 7.58. The molecule has 0 radical (unpaired) electrons. The van der Waals surface area contributed by atoms with E-state index in [1.165, 1.54) is 6.26 Å². The van der Waals surface area contributed by atoms with E-state index in [4.69, 9.17) is 4.42 Å². The third kappa shape index (κ3) is 4.20. The first kappa shape index (κ1) is 15.8. The van der Waals surface area contributed by atoms with Gasteiger partial charge >= 0.3 is 0 Å². The number of rotatable bonds is 6. The molecule has 0 unspecified atom stereocenters. The maximum Gasteiger partial charge on any atom is 0.222 e. The molecule has 116 valence electrons. The Morgan fingerprint density at radius 3 is 2.71 bits per heavy atom. The van der Waals surface area contributed by atoms with E-state index in [1.54, 1.807) is 23.1 Å². The molecule has 0 aromatic carbocycles. The Kier molecular flexibility index (Phi) is 5.22. The molecule has 1 saturated heterocycles. The van der Waals surface area contributed by atoms with Gasteiger partial charge in [-0.25, -0.2) is 8.42 Å². The van der Waals surface area contributed by atoms with Crippen molar-refractivity contribution < 1.29 is 17.6 Å². The van der Waals surface area contributed by atoms with Crippen LogP contribution in [0.1, 0.15) is 31.4 Å². The molecule has 21 heavy (non-hydrogen) atoms. The number of allylic oxidation sites excluding steroid dienone is 1. The second kappa shape index (κ2) is 6.93. The first-order valence-corrected chi connectivity index (χ1v) is 8.87. The Morgan fingerprint density at radius 2 is 2.14 bits per heavy atom. The summed E-state index contributed by atoms with van der Waals surface area (Å²) in [5.74, 6) is 0.492. The van der Waals surface area contributed by atoms with Gasteiger partial charge in [-0.05, 0) is 31.4 Å². The van der Waals surface area contributed by atoms with E-state index in [0.717, 1.165) is 0 Å². The van der Waals surface area contributed by atoms with Gasteiger partial charge in [-0.15, -0.1) is 6.58 Å². The highest BCUT2D eigenvalue weighted by atomic mass is 32.2. The van der Waals surface area contributed by atoms with Gasteiger partial charge in [-0.3, -0.25) is 4.79 Å². The molecule has 1 aliphatic heterocycles. The molecule has 1 aromatic heterocycles. The van der Waals surface area contributed by atoms with Crippen LogP contribution in [0.5, 0.6) is 0 Å². The van der Waals surface area contributed by atoms with Crippen molar-refractivity contribution in [3.8, 4) is 0 Å². The highest BCUT2D eigenvalue weighted by Crippen LogP contribution is 2.22. The van der Waals surface area contributed by atoms with Crippen molar-refractivity contribution in [3.63, 3.8) is 0 Å². The number of nitrogens with zero attached hydrogens (tertiary/aromatic N) is 1. The number of sulfone groups is 1. The monoisotopic (exact) mass is 311 g/mol. The lowest BCUT2D eigenvalue weighted by Crippen LogP contribution is -2.42. The topological polar surface area (TPSA) is 67.6 Å². The zero-order valence-corrected chi connectivity index (χ0v) is 12.8. The van der Waals surface area contributed by atoms with Gasteiger partial charge in [0.1, 0.15) is 11.5 Å². The Bertz CT molecular complexity index is 569. The van der Waals surface area contributed by atoms with E-state index in [2.05, 4.69) is 6.58 Å². The molecule has 1 amide bonds. The fraction of sp³-hybridized carbons (Fsp3) is 0.533. The van der Waals surface area contributed by atoms with Gasteiger partial charge in [-0.2, -0.15) is 0 Å². The third-order valence-electron chi connectivity index (χ3n) is 3.79. The van der Waals surface area contributed by atoms with Crippen LogP contribution in [0.2, 0.25) is 0 Å². The number of hydrogen-bond donors (Lipinski definition) is 0. The van der Waals surface area contributed by atoms with Gasteiger partial charge in [0.15, 0.2) is 9.84 Å². The predicted molar refractivity (Wildman–Crippen MR) is 80.4 cm³/mol. The Balaban J connectivity index is 1.88. The normalized spacial score (nSPS) is 16.9. The lowest BCUT2D eigenvalue weighted by atomic mass is 10.1. The van der Waals surface area contributed by atoms with E-state index < -0.39 is 9.84 Å². The molecule has 0 N–H and O–H groups in total. The van der Waals surface area contributed by atoms with Gasteiger partial charge in [0.05, 0.1) is 11.5 Å². The number of carbonyl (C=O) groups is 1. The minimum Gasteiger partial charge on any atom is -0.468 e. The highest BCUT2D eigenvalue weighted by Gasteiger charge is 2.31. The number of hydrogen-bond acceptors (Lipinski definition) is 4. The van der Waals surface area contributed by atoms with Crippen LogP contribution >= 0.6 is 0 Å². The molecule has 1 fully saturated rings. The van der Waals surface area contributed by atoms with Crippen LogP contribution in [0.15, 0.2) is 35.5 Å². The summed E-state index contributed by atoms with van der Waals surface area (Å²) in [7, 11) is -3.22. The number of likely N-dealkylation sites (tertiary alicyclic amines) is 1. The first-order valence-electron chi connectivity index (χ1n) is 7.15. The van der Waals surface area contributed by atoms with E-state index in [1.807, 2.05) is 0 Å². The maximum atomic E-state index is 12.3. The van der Waals surface area contributed by atoms with Gasteiger partial charge in [0.25, 0.3) is 0 Å². The van der Waals surface area contributed by atoms with Gasteiger partial charge in [0, 0.05) is 19.5 Å². The highest BCUT2D eigenvalue weighted by molar-refractivity contribution is 7.91. The summed E-state index contributed by atoms with van der Waals surface area (Å²) in [4.78, 5) is 13.6. The summed E-state index contributed by atoms with van der Waals surface area (Å²) in [5.41, 5.74) is 0. The molecular formula is C15H21NO4S. The van der Waals surface area contributed by atoms with Crippen molar-refractivity contribution in [3.05, 3.63) is 36.8 Å². The van der Waals surface area contributed by atoms with Crippen molar-refractivity contribution in [2.75, 3.05) is 13.1 Å². The van der Waals surface area contributed by atoms with Gasteiger partial charge in [0.2, 0.25) is 5.91 Å². The average molecular weight is 311 g/mol. The summed E-state index contributed by atoms with van der Waals surface area (Å²) in [6.45, 7) is 4.62. The third-order valence-corrected chi connectivity index (χ3v) is 5.96. The van der Waals surface area contributed by atoms with E-state index in [-0.39, 0.29) is 16.9 Å². The minimum absolute atomic E-state index is 0.0604. The van der Waals surface area contributed by atoms with Crippen molar-refractivity contribution in [2.45, 2.75) is 36.7 Å². The largest absolute Gasteiger partial charge is 0.468 e. The van der Waals surface area contributed by atoms with Crippen molar-refractivity contribution in [1.29, 1.82) is 0 Å². The molecule has 0 bridgehead atoms. The quantitative estimate of drug-likeness (QED) is 0.755. The summed E-state index contributed by atoms with van der Waals surface area (Å²) >= 11 is 0. The number of amides is 1. The fourth-order valence-corrected chi connectivity index (χ4v) is 4.28. The molecule has 5 nitrogen and oxygen atoms in total. The molecular weight excluding hydrogens is 290 g/mol. The zero-order chi connectivity index (χ0) is 15.3. The molecule has 0 saturated carbocycles. The summed E-state index contributed by atoms with van der Waals surface area (Å²) in [6.07, 6.45) is 5.32. The smallest absolute Gasteiger partial charge is 0.222 e. The molecule has 6 heteroatoms. The van der Waals surface area contributed by atoms with Crippen LogP contribution in [0, 0.1) is 0 Å². The number of carbonyl (C=O) groups excluding carboxylic acids is 1. The lowest BCUT2D eigenvalue weighted by molar-refractivity contribution is -0.131. The first-order chi connectivity index (χ1) is 10.0. The lowest BCUT2D eigenvalue weighted by Gasteiger charge is -2.31. The summed E-state index contributed by atoms with van der Waals surface area (Å²) in [5, 5.41) is -0.383. The maximum absolute atomic E-state index is 12.3. The van der Waals surface area contributed by atoms with Crippen LogP contribution in [-0.4, -0.2) is 37.6 Å². The van der Waals surface area contributed by atoms with Crippen molar-refractivity contribution in [2.24, 2.45) is 0 Å². The molecule has 2 rings (SSSR count). The van der Waals surface area contributed by atoms with Crippen LogP contribution in [-0.2, 0) is 20.4 Å². The van der Waals surface area contributed by atoms with Gasteiger partial charge in [-0.1, -0.05) is 6.08 Å².